The second-order valence-corrected chi connectivity index (χ2v) is 4.68. The van der Waals surface area contributed by atoms with E-state index in [4.69, 9.17) is 0 Å². The zero-order valence-electron chi connectivity index (χ0n) is 10.7. The van der Waals surface area contributed by atoms with E-state index in [1.165, 1.54) is 6.07 Å². The maximum absolute atomic E-state index is 12.7. The van der Waals surface area contributed by atoms with Crippen LogP contribution < -0.4 is 5.56 Å². The molecule has 2 aromatic carbocycles. The fraction of sp³-hybridized carbons (Fsp3) is 0.0625. The maximum Gasteiger partial charge on any atom is 0.416 e. The summed E-state index contributed by atoms with van der Waals surface area (Å²) in [5.74, 6) is 0. The molecule has 1 aromatic heterocycles. The second kappa shape index (κ2) is 4.77. The van der Waals surface area contributed by atoms with E-state index >= 15 is 0 Å². The first-order chi connectivity index (χ1) is 9.95. The van der Waals surface area contributed by atoms with Crippen molar-refractivity contribution in [2.24, 2.45) is 0 Å². The van der Waals surface area contributed by atoms with Gasteiger partial charge in [0.25, 0.3) is 5.56 Å². The Morgan fingerprint density at radius 2 is 1.62 bits per heavy atom. The Kier molecular flexibility index (Phi) is 3.05. The lowest BCUT2D eigenvalue weighted by atomic mass is 10.1. The summed E-state index contributed by atoms with van der Waals surface area (Å²) in [5, 5.41) is 0.509. The fourth-order valence-electron chi connectivity index (χ4n) is 2.21. The van der Waals surface area contributed by atoms with E-state index in [1.807, 2.05) is 30.3 Å². The molecule has 21 heavy (non-hydrogen) atoms. The highest BCUT2D eigenvalue weighted by atomic mass is 19.4. The smallest absolute Gasteiger partial charge is 0.321 e. The van der Waals surface area contributed by atoms with Crippen LogP contribution in [0.3, 0.4) is 0 Å². The van der Waals surface area contributed by atoms with Crippen LogP contribution in [0.4, 0.5) is 13.2 Å². The number of halogens is 3. The van der Waals surface area contributed by atoms with Crippen molar-refractivity contribution in [2.45, 2.75) is 6.18 Å². The zero-order valence-corrected chi connectivity index (χ0v) is 10.7. The largest absolute Gasteiger partial charge is 0.416 e. The predicted molar refractivity (Wildman–Crippen MR) is 75.0 cm³/mol. The van der Waals surface area contributed by atoms with Gasteiger partial charge in [0.15, 0.2) is 0 Å². The Morgan fingerprint density at radius 3 is 2.29 bits per heavy atom. The topological polar surface area (TPSA) is 32.9 Å². The number of hydrogen-bond donors (Lipinski definition) is 1. The summed E-state index contributed by atoms with van der Waals surface area (Å²) in [6.07, 6.45) is -4.46. The lowest BCUT2D eigenvalue weighted by Crippen LogP contribution is -2.10. The first-order valence-corrected chi connectivity index (χ1v) is 6.25. The van der Waals surface area contributed by atoms with Crippen LogP contribution >= 0.6 is 0 Å². The molecule has 1 N–H and O–H groups in total. The van der Waals surface area contributed by atoms with Crippen molar-refractivity contribution in [3.05, 3.63) is 70.5 Å². The van der Waals surface area contributed by atoms with Gasteiger partial charge in [-0.3, -0.25) is 4.79 Å². The molecule has 0 atom stereocenters. The van der Waals surface area contributed by atoms with E-state index in [9.17, 15) is 18.0 Å². The third-order valence-electron chi connectivity index (χ3n) is 3.26. The van der Waals surface area contributed by atoms with Gasteiger partial charge < -0.3 is 4.98 Å². The van der Waals surface area contributed by atoms with Gasteiger partial charge in [-0.25, -0.2) is 0 Å². The molecule has 0 saturated heterocycles. The van der Waals surface area contributed by atoms with E-state index in [0.29, 0.717) is 11.1 Å². The number of rotatable bonds is 1. The van der Waals surface area contributed by atoms with Crippen molar-refractivity contribution < 1.29 is 13.2 Å². The molecule has 0 aliphatic rings. The molecule has 0 radical (unpaired) electrons. The average molecular weight is 289 g/mol. The molecule has 0 fully saturated rings. The molecule has 0 aliphatic carbocycles. The van der Waals surface area contributed by atoms with Crippen LogP contribution in [-0.2, 0) is 6.18 Å². The van der Waals surface area contributed by atoms with Gasteiger partial charge >= 0.3 is 6.18 Å². The molecule has 0 bridgehead atoms. The van der Waals surface area contributed by atoms with Crippen LogP contribution in [-0.4, -0.2) is 4.98 Å². The fourth-order valence-corrected chi connectivity index (χ4v) is 2.21. The standard InChI is InChI=1S/C16H10F3NO/c17-16(18,19)12-7-6-11-8-14(10-4-2-1-3-5-10)20-15(21)13(11)9-12/h1-9H,(H,20,21). The van der Waals surface area contributed by atoms with Crippen molar-refractivity contribution in [1.82, 2.24) is 4.98 Å². The molecule has 3 aromatic rings. The predicted octanol–water partition coefficient (Wildman–Crippen LogP) is 4.21. The van der Waals surface area contributed by atoms with Gasteiger partial charge in [0.2, 0.25) is 0 Å². The second-order valence-electron chi connectivity index (χ2n) is 4.68. The number of nitrogens with one attached hydrogen (secondary N) is 1. The quantitative estimate of drug-likeness (QED) is 0.715. The summed E-state index contributed by atoms with van der Waals surface area (Å²) in [6, 6.07) is 14.0. The number of alkyl halides is 3. The highest BCUT2D eigenvalue weighted by molar-refractivity contribution is 5.85. The van der Waals surface area contributed by atoms with Gasteiger partial charge in [-0.05, 0) is 29.1 Å². The summed E-state index contributed by atoms with van der Waals surface area (Å²) in [4.78, 5) is 14.7. The highest BCUT2D eigenvalue weighted by Crippen LogP contribution is 2.31. The number of fused-ring (bicyclic) bond motifs is 1. The number of aromatic amines is 1. The van der Waals surface area contributed by atoms with Crippen molar-refractivity contribution in [1.29, 1.82) is 0 Å². The van der Waals surface area contributed by atoms with Gasteiger partial charge in [-0.1, -0.05) is 36.4 Å². The van der Waals surface area contributed by atoms with Crippen LogP contribution in [0.1, 0.15) is 5.56 Å². The number of pyridine rings is 1. The highest BCUT2D eigenvalue weighted by Gasteiger charge is 2.30. The molecule has 0 saturated carbocycles. The van der Waals surface area contributed by atoms with Gasteiger partial charge in [0.1, 0.15) is 0 Å². The van der Waals surface area contributed by atoms with E-state index in [2.05, 4.69) is 4.98 Å². The summed E-state index contributed by atoms with van der Waals surface area (Å²) < 4.78 is 38.0. The van der Waals surface area contributed by atoms with E-state index < -0.39 is 17.3 Å². The number of aromatic nitrogens is 1. The van der Waals surface area contributed by atoms with Gasteiger partial charge in [0, 0.05) is 11.1 Å². The van der Waals surface area contributed by atoms with Crippen LogP contribution in [0.5, 0.6) is 0 Å². The van der Waals surface area contributed by atoms with Crippen molar-refractivity contribution in [2.75, 3.05) is 0 Å². The third kappa shape index (κ3) is 2.54. The molecule has 0 amide bonds. The minimum Gasteiger partial charge on any atom is -0.321 e. The van der Waals surface area contributed by atoms with Crippen molar-refractivity contribution >= 4 is 10.8 Å². The van der Waals surface area contributed by atoms with Crippen LogP contribution in [0, 0.1) is 0 Å². The van der Waals surface area contributed by atoms with Gasteiger partial charge in [-0.15, -0.1) is 0 Å². The Balaban J connectivity index is 2.21. The molecule has 106 valence electrons. The number of H-pyrrole nitrogens is 1. The Bertz CT molecular complexity index is 851. The minimum absolute atomic E-state index is 0.0320. The molecule has 2 nitrogen and oxygen atoms in total. The Hall–Kier alpha value is -2.56. The monoisotopic (exact) mass is 289 g/mol. The van der Waals surface area contributed by atoms with Gasteiger partial charge in [0.05, 0.1) is 5.56 Å². The summed E-state index contributed by atoms with van der Waals surface area (Å²) in [7, 11) is 0. The normalized spacial score (nSPS) is 11.8. The SMILES string of the molecule is O=c1[nH]c(-c2ccccc2)cc2ccc(C(F)(F)F)cc12. The number of hydrogen-bond acceptors (Lipinski definition) is 1. The minimum atomic E-state index is -4.46. The first-order valence-electron chi connectivity index (χ1n) is 6.25. The molecule has 0 unspecified atom stereocenters. The zero-order chi connectivity index (χ0) is 15.0. The van der Waals surface area contributed by atoms with Crippen LogP contribution in [0.25, 0.3) is 22.0 Å². The molecule has 0 spiro atoms. The van der Waals surface area contributed by atoms with Crippen molar-refractivity contribution in [3.63, 3.8) is 0 Å². The van der Waals surface area contributed by atoms with E-state index in [1.54, 1.807) is 6.07 Å². The lowest BCUT2D eigenvalue weighted by Gasteiger charge is -2.08. The Morgan fingerprint density at radius 1 is 0.905 bits per heavy atom. The van der Waals surface area contributed by atoms with Crippen LogP contribution in [0.2, 0.25) is 0 Å². The third-order valence-corrected chi connectivity index (χ3v) is 3.26. The molecular formula is C16H10F3NO. The van der Waals surface area contributed by atoms with E-state index in [-0.39, 0.29) is 5.39 Å². The molecular weight excluding hydrogens is 279 g/mol. The first kappa shape index (κ1) is 13.4. The molecule has 3 rings (SSSR count). The lowest BCUT2D eigenvalue weighted by molar-refractivity contribution is -0.137. The Labute approximate surface area is 117 Å². The summed E-state index contributed by atoms with van der Waals surface area (Å²) in [6.45, 7) is 0. The summed E-state index contributed by atoms with van der Waals surface area (Å²) in [5.41, 5.74) is 0.0228. The average Bonchev–Trinajstić information content (AvgIpc) is 2.47. The number of benzene rings is 2. The molecule has 1 heterocycles. The van der Waals surface area contributed by atoms with Gasteiger partial charge in [-0.2, -0.15) is 13.2 Å². The van der Waals surface area contributed by atoms with E-state index in [0.717, 1.165) is 17.7 Å². The summed E-state index contributed by atoms with van der Waals surface area (Å²) >= 11 is 0. The molecule has 5 heteroatoms. The van der Waals surface area contributed by atoms with Crippen molar-refractivity contribution in [3.8, 4) is 11.3 Å². The van der Waals surface area contributed by atoms with Crippen LogP contribution in [0.15, 0.2) is 59.4 Å². The maximum atomic E-state index is 12.7. The molecule has 0 aliphatic heterocycles.